The number of halogens is 3. The van der Waals surface area contributed by atoms with E-state index in [0.717, 1.165) is 0 Å². The first kappa shape index (κ1) is 19.4. The van der Waals surface area contributed by atoms with E-state index in [-0.39, 0.29) is 19.6 Å². The van der Waals surface area contributed by atoms with Gasteiger partial charge in [0.15, 0.2) is 0 Å². The van der Waals surface area contributed by atoms with Crippen LogP contribution in [0.3, 0.4) is 0 Å². The van der Waals surface area contributed by atoms with Gasteiger partial charge in [-0.2, -0.15) is 0 Å². The summed E-state index contributed by atoms with van der Waals surface area (Å²) in [5.41, 5.74) is 2.33. The van der Waals surface area contributed by atoms with Crippen LogP contribution in [0.15, 0.2) is 18.2 Å². The van der Waals surface area contributed by atoms with Crippen LogP contribution in [-0.4, -0.2) is 41.0 Å². The molecule has 5 atom stereocenters. The third-order valence-electron chi connectivity index (χ3n) is 5.19. The maximum Gasteiger partial charge on any atom is 0.344 e. The molecular weight excluding hydrogens is 388 g/mol. The number of esters is 1. The second-order valence-corrected chi connectivity index (χ2v) is 7.41. The first-order chi connectivity index (χ1) is 12.2. The molecule has 0 aromatic heterocycles. The number of carbonyl (C=O) groups excluding carboxylic acids is 1. The average molecular weight is 406 g/mol. The highest BCUT2D eigenvalue weighted by molar-refractivity contribution is 6.42. The van der Waals surface area contributed by atoms with Gasteiger partial charge < -0.3 is 20.3 Å². The molecule has 3 N–H and O–H groups in total. The van der Waals surface area contributed by atoms with Crippen molar-refractivity contribution in [1.82, 2.24) is 0 Å². The molecule has 2 fully saturated rings. The number of carboxylic acids is 1. The van der Waals surface area contributed by atoms with Gasteiger partial charge in [0, 0.05) is 11.8 Å². The standard InChI is InChI=1S/C17H18Cl2FNO5/c1-2-25-15(24)16(20)9-6-12(17(21,13(9)16)14(22)23)26-7-8-3-4-10(18)11(19)5-8/h3-5,9,12-13H,2,6-7,21H2,1H3,(H,22,23)/t9-,12-,13?,16-,17+/m1/s1. The lowest BCUT2D eigenvalue weighted by Gasteiger charge is -2.32. The number of ether oxygens (including phenoxy) is 2. The molecule has 0 amide bonds. The Kier molecular flexibility index (Phi) is 4.94. The number of hydrogen-bond acceptors (Lipinski definition) is 5. The van der Waals surface area contributed by atoms with Crippen LogP contribution in [0.5, 0.6) is 0 Å². The summed E-state index contributed by atoms with van der Waals surface area (Å²) in [5, 5.41) is 10.3. The van der Waals surface area contributed by atoms with E-state index >= 15 is 0 Å². The molecule has 0 aliphatic heterocycles. The maximum atomic E-state index is 15.0. The highest BCUT2D eigenvalue weighted by atomic mass is 35.5. The quantitative estimate of drug-likeness (QED) is 0.705. The Bertz CT molecular complexity index is 763. The van der Waals surface area contributed by atoms with Crippen LogP contribution in [0.2, 0.25) is 10.0 Å². The van der Waals surface area contributed by atoms with E-state index in [4.69, 9.17) is 38.4 Å². The number of fused-ring (bicyclic) bond motifs is 1. The lowest BCUT2D eigenvalue weighted by molar-refractivity contribution is -0.159. The first-order valence-corrected chi connectivity index (χ1v) is 8.86. The molecule has 0 bridgehead atoms. The molecule has 3 rings (SSSR count). The molecule has 26 heavy (non-hydrogen) atoms. The van der Waals surface area contributed by atoms with Gasteiger partial charge in [-0.1, -0.05) is 29.3 Å². The smallest absolute Gasteiger partial charge is 0.344 e. The zero-order chi connectivity index (χ0) is 19.3. The number of benzene rings is 1. The predicted octanol–water partition coefficient (Wildman–Crippen LogP) is 2.58. The van der Waals surface area contributed by atoms with Gasteiger partial charge in [-0.05, 0) is 31.0 Å². The molecule has 0 radical (unpaired) electrons. The van der Waals surface area contributed by atoms with E-state index in [1.54, 1.807) is 25.1 Å². The van der Waals surface area contributed by atoms with Crippen LogP contribution in [0.25, 0.3) is 0 Å². The van der Waals surface area contributed by atoms with Gasteiger partial charge in [0.1, 0.15) is 5.54 Å². The van der Waals surface area contributed by atoms with Crippen LogP contribution in [0.1, 0.15) is 18.9 Å². The van der Waals surface area contributed by atoms with E-state index in [9.17, 15) is 19.1 Å². The molecule has 0 heterocycles. The molecule has 142 valence electrons. The van der Waals surface area contributed by atoms with Crippen LogP contribution in [0, 0.1) is 11.8 Å². The summed E-state index contributed by atoms with van der Waals surface area (Å²) in [6.45, 7) is 1.59. The van der Waals surface area contributed by atoms with Gasteiger partial charge in [0.05, 0.1) is 29.4 Å². The molecule has 9 heteroatoms. The zero-order valence-electron chi connectivity index (χ0n) is 13.9. The monoisotopic (exact) mass is 405 g/mol. The average Bonchev–Trinajstić information content (AvgIpc) is 3.05. The Labute approximate surface area is 159 Å². The Balaban J connectivity index is 1.75. The van der Waals surface area contributed by atoms with Crippen LogP contribution >= 0.6 is 23.2 Å². The maximum absolute atomic E-state index is 15.0. The summed E-state index contributed by atoms with van der Waals surface area (Å²) >= 11 is 11.8. The van der Waals surface area contributed by atoms with Crippen LogP contribution in [-0.2, 0) is 25.7 Å². The fourth-order valence-electron chi connectivity index (χ4n) is 3.86. The Morgan fingerprint density at radius 2 is 2.08 bits per heavy atom. The Morgan fingerprint density at radius 1 is 1.38 bits per heavy atom. The van der Waals surface area contributed by atoms with Crippen LogP contribution < -0.4 is 5.73 Å². The summed E-state index contributed by atoms with van der Waals surface area (Å²) < 4.78 is 25.4. The van der Waals surface area contributed by atoms with E-state index in [1.165, 1.54) is 0 Å². The summed E-state index contributed by atoms with van der Waals surface area (Å²) in [5.74, 6) is -4.48. The molecule has 0 spiro atoms. The SMILES string of the molecule is CCOC(=O)[C@]1(F)C2[C@H]1C[C@@H](OCc1ccc(Cl)c(Cl)c1)[C@@]2(N)C(=O)O. The number of nitrogens with two attached hydrogens (primary N) is 1. The van der Waals surface area contributed by atoms with E-state index in [1.807, 2.05) is 0 Å². The molecule has 1 aromatic carbocycles. The highest BCUT2D eigenvalue weighted by Crippen LogP contribution is 2.67. The van der Waals surface area contributed by atoms with Crippen molar-refractivity contribution >= 4 is 35.1 Å². The molecule has 1 aromatic rings. The lowest BCUT2D eigenvalue weighted by atomic mass is 9.88. The zero-order valence-corrected chi connectivity index (χ0v) is 15.4. The van der Waals surface area contributed by atoms with Crippen molar-refractivity contribution in [2.45, 2.75) is 37.3 Å². The van der Waals surface area contributed by atoms with Crippen molar-refractivity contribution in [2.24, 2.45) is 17.6 Å². The van der Waals surface area contributed by atoms with E-state index in [0.29, 0.717) is 15.6 Å². The fraction of sp³-hybridized carbons (Fsp3) is 0.529. The predicted molar refractivity (Wildman–Crippen MR) is 91.7 cm³/mol. The molecule has 6 nitrogen and oxygen atoms in total. The number of hydrogen-bond donors (Lipinski definition) is 2. The number of rotatable bonds is 6. The topological polar surface area (TPSA) is 98.9 Å². The Hall–Kier alpha value is -1.41. The van der Waals surface area contributed by atoms with Crippen molar-refractivity contribution in [2.75, 3.05) is 6.61 Å². The molecular formula is C17H18Cl2FNO5. The minimum Gasteiger partial charge on any atom is -0.480 e. The molecule has 2 aliphatic carbocycles. The van der Waals surface area contributed by atoms with Crippen LogP contribution in [0.4, 0.5) is 4.39 Å². The normalized spacial score (nSPS) is 35.0. The Morgan fingerprint density at radius 3 is 2.65 bits per heavy atom. The van der Waals surface area contributed by atoms with Gasteiger partial charge in [-0.25, -0.2) is 9.18 Å². The van der Waals surface area contributed by atoms with Gasteiger partial charge in [0.25, 0.3) is 0 Å². The first-order valence-electron chi connectivity index (χ1n) is 8.11. The van der Waals surface area contributed by atoms with Gasteiger partial charge in [-0.15, -0.1) is 0 Å². The third-order valence-corrected chi connectivity index (χ3v) is 5.93. The largest absolute Gasteiger partial charge is 0.480 e. The number of carboxylic acid groups (broad SMARTS) is 1. The molecule has 2 aliphatic rings. The van der Waals surface area contributed by atoms with E-state index in [2.05, 4.69) is 0 Å². The van der Waals surface area contributed by atoms with Gasteiger partial charge in [-0.3, -0.25) is 4.79 Å². The number of aliphatic carboxylic acids is 1. The summed E-state index contributed by atoms with van der Waals surface area (Å²) in [7, 11) is 0. The number of alkyl halides is 1. The second kappa shape index (κ2) is 6.64. The summed E-state index contributed by atoms with van der Waals surface area (Å²) in [6.07, 6.45) is -0.924. The van der Waals surface area contributed by atoms with E-state index < -0.39 is 41.1 Å². The molecule has 1 unspecified atom stereocenters. The fourth-order valence-corrected chi connectivity index (χ4v) is 4.18. The third kappa shape index (κ3) is 2.78. The highest BCUT2D eigenvalue weighted by Gasteiger charge is 2.85. The summed E-state index contributed by atoms with van der Waals surface area (Å²) in [4.78, 5) is 23.7. The number of carbonyl (C=O) groups is 2. The summed E-state index contributed by atoms with van der Waals surface area (Å²) in [6, 6.07) is 4.87. The molecule has 0 saturated heterocycles. The van der Waals surface area contributed by atoms with Crippen molar-refractivity contribution in [3.63, 3.8) is 0 Å². The second-order valence-electron chi connectivity index (χ2n) is 6.59. The van der Waals surface area contributed by atoms with Crippen molar-refractivity contribution in [3.8, 4) is 0 Å². The van der Waals surface area contributed by atoms with Gasteiger partial charge in [0.2, 0.25) is 5.67 Å². The van der Waals surface area contributed by atoms with Crippen molar-refractivity contribution < 1.29 is 28.6 Å². The minimum absolute atomic E-state index is 0.00579. The van der Waals surface area contributed by atoms with Crippen molar-refractivity contribution in [3.05, 3.63) is 33.8 Å². The van der Waals surface area contributed by atoms with Gasteiger partial charge >= 0.3 is 11.9 Å². The van der Waals surface area contributed by atoms with Crippen molar-refractivity contribution in [1.29, 1.82) is 0 Å². The lowest BCUT2D eigenvalue weighted by Crippen LogP contribution is -2.60. The molecule has 2 saturated carbocycles. The minimum atomic E-state index is -2.37.